The molecule has 0 bridgehead atoms. The van der Waals surface area contributed by atoms with Gasteiger partial charge < -0.3 is 4.90 Å². The first-order chi connectivity index (χ1) is 10.7. The van der Waals surface area contributed by atoms with Crippen LogP contribution in [0.4, 0.5) is 0 Å². The summed E-state index contributed by atoms with van der Waals surface area (Å²) in [7, 11) is 0. The van der Waals surface area contributed by atoms with Crippen molar-refractivity contribution in [3.8, 4) is 0 Å². The molecule has 2 aromatic rings. The van der Waals surface area contributed by atoms with E-state index in [-0.39, 0.29) is 5.91 Å². The molecule has 22 heavy (non-hydrogen) atoms. The van der Waals surface area contributed by atoms with Gasteiger partial charge in [-0.2, -0.15) is 0 Å². The second-order valence-electron chi connectivity index (χ2n) is 5.96. The zero-order valence-electron chi connectivity index (χ0n) is 12.5. The summed E-state index contributed by atoms with van der Waals surface area (Å²) in [5, 5.41) is 0. The van der Waals surface area contributed by atoms with E-state index in [0.29, 0.717) is 12.3 Å². The van der Waals surface area contributed by atoms with Crippen LogP contribution in [0.1, 0.15) is 24.0 Å². The summed E-state index contributed by atoms with van der Waals surface area (Å²) in [6.07, 6.45) is 2.69. The predicted molar refractivity (Wildman–Crippen MR) is 92.4 cm³/mol. The molecule has 1 atom stereocenters. The van der Waals surface area contributed by atoms with E-state index < -0.39 is 0 Å². The smallest absolute Gasteiger partial charge is 0.222 e. The fourth-order valence-corrected chi connectivity index (χ4v) is 3.54. The average Bonchev–Trinajstić information content (AvgIpc) is 2.54. The minimum Gasteiger partial charge on any atom is -0.338 e. The maximum atomic E-state index is 12.2. The van der Waals surface area contributed by atoms with Crippen LogP contribution in [0.15, 0.2) is 59.1 Å². The van der Waals surface area contributed by atoms with Crippen molar-refractivity contribution in [1.29, 1.82) is 0 Å². The van der Waals surface area contributed by atoms with Crippen molar-refractivity contribution in [2.75, 3.05) is 6.54 Å². The third kappa shape index (κ3) is 3.77. The first-order valence-electron chi connectivity index (χ1n) is 7.77. The number of carbonyl (C=O) groups excluding carboxylic acids is 1. The number of halogens is 1. The average molecular weight is 358 g/mol. The molecule has 1 heterocycles. The summed E-state index contributed by atoms with van der Waals surface area (Å²) in [6, 6.07) is 18.6. The summed E-state index contributed by atoms with van der Waals surface area (Å²) in [5.74, 6) is 0.826. The minimum absolute atomic E-state index is 0.284. The highest BCUT2D eigenvalue weighted by atomic mass is 79.9. The first-order valence-corrected chi connectivity index (χ1v) is 8.57. The molecular formula is C19H20BrNO. The third-order valence-electron chi connectivity index (χ3n) is 4.28. The zero-order chi connectivity index (χ0) is 15.4. The highest BCUT2D eigenvalue weighted by Crippen LogP contribution is 2.26. The van der Waals surface area contributed by atoms with Crippen LogP contribution in [-0.4, -0.2) is 17.4 Å². The Labute approximate surface area is 140 Å². The summed E-state index contributed by atoms with van der Waals surface area (Å²) >= 11 is 3.62. The summed E-state index contributed by atoms with van der Waals surface area (Å²) in [5.41, 5.74) is 2.54. The fourth-order valence-electron chi connectivity index (χ4n) is 3.09. The van der Waals surface area contributed by atoms with Crippen LogP contribution in [0.25, 0.3) is 0 Å². The Morgan fingerprint density at radius 2 is 1.77 bits per heavy atom. The van der Waals surface area contributed by atoms with Crippen molar-refractivity contribution in [2.24, 2.45) is 5.92 Å². The van der Waals surface area contributed by atoms with E-state index in [9.17, 15) is 4.79 Å². The molecule has 1 amide bonds. The largest absolute Gasteiger partial charge is 0.338 e. The quantitative estimate of drug-likeness (QED) is 0.792. The van der Waals surface area contributed by atoms with Gasteiger partial charge in [-0.1, -0.05) is 64.5 Å². The molecule has 1 fully saturated rings. The molecule has 0 spiro atoms. The number of carbonyl (C=O) groups is 1. The van der Waals surface area contributed by atoms with Crippen molar-refractivity contribution in [3.63, 3.8) is 0 Å². The monoisotopic (exact) mass is 357 g/mol. The maximum Gasteiger partial charge on any atom is 0.222 e. The van der Waals surface area contributed by atoms with Crippen molar-refractivity contribution in [2.45, 2.75) is 25.8 Å². The second-order valence-corrected chi connectivity index (χ2v) is 6.81. The minimum atomic E-state index is 0.284. The summed E-state index contributed by atoms with van der Waals surface area (Å²) in [6.45, 7) is 1.58. The van der Waals surface area contributed by atoms with Crippen LogP contribution in [0, 0.1) is 5.92 Å². The summed E-state index contributed by atoms with van der Waals surface area (Å²) in [4.78, 5) is 14.2. The SMILES string of the molecule is O=C1CCC(Cc2ccccc2Br)CN1Cc1ccccc1. The number of rotatable bonds is 4. The summed E-state index contributed by atoms with van der Waals surface area (Å²) < 4.78 is 1.17. The Morgan fingerprint density at radius 1 is 1.05 bits per heavy atom. The lowest BCUT2D eigenvalue weighted by molar-refractivity contribution is -0.135. The molecule has 1 aliphatic rings. The molecule has 3 heteroatoms. The number of nitrogens with zero attached hydrogens (tertiary/aromatic N) is 1. The molecule has 1 aliphatic heterocycles. The number of hydrogen-bond donors (Lipinski definition) is 0. The van der Waals surface area contributed by atoms with Crippen LogP contribution in [0.5, 0.6) is 0 Å². The van der Waals surface area contributed by atoms with Gasteiger partial charge in [-0.25, -0.2) is 0 Å². The Kier molecular flexibility index (Phi) is 4.94. The van der Waals surface area contributed by atoms with E-state index in [1.807, 2.05) is 29.2 Å². The number of hydrogen-bond acceptors (Lipinski definition) is 1. The standard InChI is InChI=1S/C19H20BrNO/c20-18-9-5-4-8-17(18)12-16-10-11-19(22)21(14-16)13-15-6-2-1-3-7-15/h1-9,16H,10-14H2. The van der Waals surface area contributed by atoms with Gasteiger partial charge in [0.05, 0.1) is 0 Å². The number of amides is 1. The highest BCUT2D eigenvalue weighted by Gasteiger charge is 2.26. The van der Waals surface area contributed by atoms with Gasteiger partial charge in [0.25, 0.3) is 0 Å². The van der Waals surface area contributed by atoms with Gasteiger partial charge in [0, 0.05) is 24.0 Å². The first kappa shape index (κ1) is 15.3. The van der Waals surface area contributed by atoms with Crippen molar-refractivity contribution in [3.05, 3.63) is 70.2 Å². The second kappa shape index (κ2) is 7.10. The fraction of sp³-hybridized carbons (Fsp3) is 0.316. The molecule has 3 rings (SSSR count). The lowest BCUT2D eigenvalue weighted by Gasteiger charge is -2.33. The molecule has 2 aromatic carbocycles. The van der Waals surface area contributed by atoms with E-state index in [1.165, 1.54) is 15.6 Å². The lowest BCUT2D eigenvalue weighted by Crippen LogP contribution is -2.40. The highest BCUT2D eigenvalue weighted by molar-refractivity contribution is 9.10. The van der Waals surface area contributed by atoms with Gasteiger partial charge in [-0.3, -0.25) is 4.79 Å². The number of benzene rings is 2. The molecule has 2 nitrogen and oxygen atoms in total. The van der Waals surface area contributed by atoms with E-state index in [2.05, 4.69) is 46.3 Å². The van der Waals surface area contributed by atoms with Crippen molar-refractivity contribution < 1.29 is 4.79 Å². The Morgan fingerprint density at radius 3 is 2.55 bits per heavy atom. The Bertz CT molecular complexity index is 641. The van der Waals surface area contributed by atoms with E-state index in [4.69, 9.17) is 0 Å². The van der Waals surface area contributed by atoms with Gasteiger partial charge in [0.15, 0.2) is 0 Å². The molecule has 114 valence electrons. The van der Waals surface area contributed by atoms with Crippen LogP contribution in [0.3, 0.4) is 0 Å². The molecule has 1 unspecified atom stereocenters. The van der Waals surface area contributed by atoms with Crippen molar-refractivity contribution >= 4 is 21.8 Å². The molecule has 0 aromatic heterocycles. The molecule has 0 saturated carbocycles. The zero-order valence-corrected chi connectivity index (χ0v) is 14.1. The van der Waals surface area contributed by atoms with E-state index in [0.717, 1.165) is 25.9 Å². The normalized spacial score (nSPS) is 18.5. The van der Waals surface area contributed by atoms with Crippen LogP contribution in [0.2, 0.25) is 0 Å². The molecule has 0 radical (unpaired) electrons. The van der Waals surface area contributed by atoms with Gasteiger partial charge >= 0.3 is 0 Å². The van der Waals surface area contributed by atoms with Gasteiger partial charge in [0.2, 0.25) is 5.91 Å². The van der Waals surface area contributed by atoms with Gasteiger partial charge in [-0.15, -0.1) is 0 Å². The van der Waals surface area contributed by atoms with Crippen LogP contribution < -0.4 is 0 Å². The molecule has 0 N–H and O–H groups in total. The Hall–Kier alpha value is -1.61. The predicted octanol–water partition coefficient (Wildman–Crippen LogP) is 4.43. The Balaban J connectivity index is 1.66. The molecule has 0 aliphatic carbocycles. The number of likely N-dealkylation sites (tertiary alicyclic amines) is 1. The lowest BCUT2D eigenvalue weighted by atomic mass is 9.90. The van der Waals surface area contributed by atoms with Gasteiger partial charge in [-0.05, 0) is 36.0 Å². The van der Waals surface area contributed by atoms with Crippen molar-refractivity contribution in [1.82, 2.24) is 4.90 Å². The third-order valence-corrected chi connectivity index (χ3v) is 5.05. The van der Waals surface area contributed by atoms with E-state index in [1.54, 1.807) is 0 Å². The van der Waals surface area contributed by atoms with Crippen LogP contribution in [-0.2, 0) is 17.8 Å². The van der Waals surface area contributed by atoms with Gasteiger partial charge in [0.1, 0.15) is 0 Å². The topological polar surface area (TPSA) is 20.3 Å². The van der Waals surface area contributed by atoms with E-state index >= 15 is 0 Å². The maximum absolute atomic E-state index is 12.2. The molecule has 1 saturated heterocycles. The number of piperidine rings is 1. The van der Waals surface area contributed by atoms with Crippen LogP contribution >= 0.6 is 15.9 Å². The molecular weight excluding hydrogens is 338 g/mol.